The Morgan fingerprint density at radius 2 is 2.36 bits per heavy atom. The van der Waals surface area contributed by atoms with Crippen LogP contribution >= 0.6 is 11.6 Å². The fourth-order valence-electron chi connectivity index (χ4n) is 0.813. The van der Waals surface area contributed by atoms with Gasteiger partial charge in [0.15, 0.2) is 0 Å². The maximum Gasteiger partial charge on any atom is 0.330 e. The molecule has 0 aliphatic heterocycles. The lowest BCUT2D eigenvalue weighted by Crippen LogP contribution is -2.30. The van der Waals surface area contributed by atoms with Gasteiger partial charge in [0.1, 0.15) is 11.8 Å². The van der Waals surface area contributed by atoms with Gasteiger partial charge in [-0.3, -0.25) is 14.3 Å². The second-order valence-electron chi connectivity index (χ2n) is 2.49. The standard InChI is InChI=1S/C8H9ClN2O3/c1-2-3-14-5-11-4-6(9)7(12)10-8(11)13/h2,4H,1,3,5H2,(H,10,12,13). The highest BCUT2D eigenvalue weighted by molar-refractivity contribution is 6.30. The van der Waals surface area contributed by atoms with Crippen LogP contribution in [0.25, 0.3) is 0 Å². The first-order valence-electron chi connectivity index (χ1n) is 3.83. The van der Waals surface area contributed by atoms with Crippen LogP contribution in [0.5, 0.6) is 0 Å². The third-order valence-corrected chi connectivity index (χ3v) is 1.70. The largest absolute Gasteiger partial charge is 0.357 e. The molecule has 0 fully saturated rings. The minimum absolute atomic E-state index is 0.0291. The Balaban J connectivity index is 2.87. The Morgan fingerprint density at radius 3 is 3.00 bits per heavy atom. The monoisotopic (exact) mass is 216 g/mol. The topological polar surface area (TPSA) is 64.1 Å². The smallest absolute Gasteiger partial charge is 0.330 e. The van der Waals surface area contributed by atoms with Gasteiger partial charge in [0.25, 0.3) is 5.56 Å². The van der Waals surface area contributed by atoms with Crippen LogP contribution in [0.4, 0.5) is 0 Å². The fraction of sp³-hybridized carbons (Fsp3) is 0.250. The first-order chi connectivity index (χ1) is 6.65. The van der Waals surface area contributed by atoms with Crippen molar-refractivity contribution in [2.75, 3.05) is 6.61 Å². The summed E-state index contributed by atoms with van der Waals surface area (Å²) in [5.41, 5.74) is -1.15. The summed E-state index contributed by atoms with van der Waals surface area (Å²) in [6.07, 6.45) is 2.78. The molecule has 1 heterocycles. The van der Waals surface area contributed by atoms with Crippen LogP contribution in [-0.4, -0.2) is 16.2 Å². The SMILES string of the molecule is C=CCOCn1cc(Cl)c(=O)[nH]c1=O. The molecule has 0 spiro atoms. The van der Waals surface area contributed by atoms with Gasteiger partial charge in [0.2, 0.25) is 0 Å². The van der Waals surface area contributed by atoms with E-state index < -0.39 is 11.2 Å². The maximum absolute atomic E-state index is 11.1. The molecular weight excluding hydrogens is 208 g/mol. The zero-order valence-corrected chi connectivity index (χ0v) is 8.08. The van der Waals surface area contributed by atoms with Crippen LogP contribution in [-0.2, 0) is 11.5 Å². The first-order valence-corrected chi connectivity index (χ1v) is 4.21. The van der Waals surface area contributed by atoms with E-state index in [-0.39, 0.29) is 11.8 Å². The van der Waals surface area contributed by atoms with Gasteiger partial charge in [0, 0.05) is 6.20 Å². The van der Waals surface area contributed by atoms with E-state index in [0.29, 0.717) is 6.61 Å². The van der Waals surface area contributed by atoms with Crippen molar-refractivity contribution in [1.82, 2.24) is 9.55 Å². The highest BCUT2D eigenvalue weighted by atomic mass is 35.5. The predicted octanol–water partition coefficient (Wildman–Crippen LogP) is 0.350. The molecule has 0 aromatic carbocycles. The average molecular weight is 217 g/mol. The van der Waals surface area contributed by atoms with E-state index in [2.05, 4.69) is 6.58 Å². The molecule has 1 N–H and O–H groups in total. The lowest BCUT2D eigenvalue weighted by molar-refractivity contribution is 0.0965. The Labute approximate surface area is 84.6 Å². The van der Waals surface area contributed by atoms with Gasteiger partial charge in [-0.1, -0.05) is 17.7 Å². The minimum Gasteiger partial charge on any atom is -0.357 e. The number of hydrogen-bond acceptors (Lipinski definition) is 3. The average Bonchev–Trinajstić information content (AvgIpc) is 2.14. The highest BCUT2D eigenvalue weighted by Gasteiger charge is 2.00. The molecular formula is C8H9ClN2O3. The second kappa shape index (κ2) is 4.78. The molecule has 0 saturated heterocycles. The van der Waals surface area contributed by atoms with Crippen molar-refractivity contribution >= 4 is 11.6 Å². The van der Waals surface area contributed by atoms with Crippen molar-refractivity contribution < 1.29 is 4.74 Å². The second-order valence-corrected chi connectivity index (χ2v) is 2.90. The Kier molecular flexibility index (Phi) is 3.67. The van der Waals surface area contributed by atoms with Crippen molar-refractivity contribution in [2.24, 2.45) is 0 Å². The molecule has 0 bridgehead atoms. The number of H-pyrrole nitrogens is 1. The molecule has 6 heteroatoms. The molecule has 0 saturated carbocycles. The van der Waals surface area contributed by atoms with E-state index in [9.17, 15) is 9.59 Å². The van der Waals surface area contributed by atoms with E-state index in [1.165, 1.54) is 6.20 Å². The first kappa shape index (κ1) is 10.7. The predicted molar refractivity (Wildman–Crippen MR) is 52.5 cm³/mol. The van der Waals surface area contributed by atoms with Crippen molar-refractivity contribution in [3.05, 3.63) is 44.7 Å². The van der Waals surface area contributed by atoms with Crippen molar-refractivity contribution in [3.8, 4) is 0 Å². The van der Waals surface area contributed by atoms with Gasteiger partial charge in [-0.15, -0.1) is 6.58 Å². The van der Waals surface area contributed by atoms with E-state index in [0.717, 1.165) is 4.57 Å². The van der Waals surface area contributed by atoms with E-state index in [1.54, 1.807) is 6.08 Å². The number of halogens is 1. The molecule has 0 unspecified atom stereocenters. The van der Waals surface area contributed by atoms with Gasteiger partial charge < -0.3 is 4.74 Å². The summed E-state index contributed by atoms with van der Waals surface area (Å²) in [6.45, 7) is 3.80. The van der Waals surface area contributed by atoms with Crippen LogP contribution < -0.4 is 11.2 Å². The summed E-state index contributed by atoms with van der Waals surface area (Å²) in [5.74, 6) is 0. The van der Waals surface area contributed by atoms with Crippen LogP contribution in [0.1, 0.15) is 0 Å². The van der Waals surface area contributed by atoms with Gasteiger partial charge >= 0.3 is 5.69 Å². The van der Waals surface area contributed by atoms with E-state index in [1.807, 2.05) is 4.98 Å². The number of nitrogens with zero attached hydrogens (tertiary/aromatic N) is 1. The number of hydrogen-bond donors (Lipinski definition) is 1. The highest BCUT2D eigenvalue weighted by Crippen LogP contribution is 1.95. The molecule has 1 rings (SSSR count). The van der Waals surface area contributed by atoms with Gasteiger partial charge in [-0.2, -0.15) is 0 Å². The van der Waals surface area contributed by atoms with Crippen molar-refractivity contribution in [3.63, 3.8) is 0 Å². The molecule has 14 heavy (non-hydrogen) atoms. The lowest BCUT2D eigenvalue weighted by atomic mass is 10.6. The Morgan fingerprint density at radius 1 is 1.64 bits per heavy atom. The maximum atomic E-state index is 11.1. The normalized spacial score (nSPS) is 10.1. The molecule has 0 aliphatic rings. The van der Waals surface area contributed by atoms with Crippen LogP contribution in [0.15, 0.2) is 28.4 Å². The van der Waals surface area contributed by atoms with E-state index >= 15 is 0 Å². The number of ether oxygens (including phenoxy) is 1. The number of nitrogens with one attached hydrogen (secondary N) is 1. The molecule has 0 aliphatic carbocycles. The third kappa shape index (κ3) is 2.58. The molecule has 1 aromatic heterocycles. The quantitative estimate of drug-likeness (QED) is 0.584. The number of aromatic amines is 1. The Hall–Kier alpha value is -1.33. The Bertz CT molecular complexity index is 435. The van der Waals surface area contributed by atoms with Crippen molar-refractivity contribution in [1.29, 1.82) is 0 Å². The van der Waals surface area contributed by atoms with E-state index in [4.69, 9.17) is 16.3 Å². The van der Waals surface area contributed by atoms with Crippen LogP contribution in [0, 0.1) is 0 Å². The molecule has 0 radical (unpaired) electrons. The summed E-state index contributed by atoms with van der Waals surface area (Å²) in [6, 6.07) is 0. The lowest BCUT2D eigenvalue weighted by Gasteiger charge is -2.04. The summed E-state index contributed by atoms with van der Waals surface area (Å²) in [4.78, 5) is 24.0. The molecule has 5 nitrogen and oxygen atoms in total. The fourth-order valence-corrected chi connectivity index (χ4v) is 0.978. The number of rotatable bonds is 4. The van der Waals surface area contributed by atoms with Gasteiger partial charge in [-0.05, 0) is 0 Å². The van der Waals surface area contributed by atoms with Crippen molar-refractivity contribution in [2.45, 2.75) is 6.73 Å². The molecule has 0 atom stereocenters. The van der Waals surface area contributed by atoms with Gasteiger partial charge in [-0.25, -0.2) is 4.79 Å². The zero-order chi connectivity index (χ0) is 10.6. The third-order valence-electron chi connectivity index (χ3n) is 1.43. The van der Waals surface area contributed by atoms with Crippen LogP contribution in [0.2, 0.25) is 5.02 Å². The summed E-state index contributed by atoms with van der Waals surface area (Å²) >= 11 is 5.52. The summed E-state index contributed by atoms with van der Waals surface area (Å²) < 4.78 is 6.17. The summed E-state index contributed by atoms with van der Waals surface area (Å²) in [5, 5.41) is -0.0493. The molecule has 1 aromatic rings. The summed E-state index contributed by atoms with van der Waals surface area (Å²) in [7, 11) is 0. The van der Waals surface area contributed by atoms with Crippen LogP contribution in [0.3, 0.4) is 0 Å². The molecule has 76 valence electrons. The zero-order valence-electron chi connectivity index (χ0n) is 7.33. The minimum atomic E-state index is -0.600. The van der Waals surface area contributed by atoms with Gasteiger partial charge in [0.05, 0.1) is 6.61 Å². The molecule has 0 amide bonds. The number of aromatic nitrogens is 2.